The monoisotopic (exact) mass is 861 g/mol. The summed E-state index contributed by atoms with van der Waals surface area (Å²) in [6, 6.07) is 64.5. The highest BCUT2D eigenvalue weighted by atomic mass is 15.2. The lowest BCUT2D eigenvalue weighted by molar-refractivity contribution is 0.589. The number of hydrogen-bond donors (Lipinski definition) is 0. The van der Waals surface area contributed by atoms with Gasteiger partial charge in [-0.1, -0.05) is 204 Å². The summed E-state index contributed by atoms with van der Waals surface area (Å²) < 4.78 is 0. The number of rotatable bonds is 6. The van der Waals surface area contributed by atoms with E-state index in [0.29, 0.717) is 0 Å². The van der Waals surface area contributed by atoms with E-state index in [4.69, 9.17) is 0 Å². The van der Waals surface area contributed by atoms with Gasteiger partial charge >= 0.3 is 0 Å². The third-order valence-electron chi connectivity index (χ3n) is 13.9. The predicted octanol–water partition coefficient (Wildman–Crippen LogP) is 19.0. The summed E-state index contributed by atoms with van der Waals surface area (Å²) in [6.45, 7) is 28.0. The van der Waals surface area contributed by atoms with E-state index in [1.54, 1.807) is 0 Å². The molecule has 0 saturated carbocycles. The third-order valence-corrected chi connectivity index (χ3v) is 13.9. The minimum Gasteiger partial charge on any atom is -0.309 e. The molecule has 0 saturated heterocycles. The van der Waals surface area contributed by atoms with Crippen LogP contribution in [0.4, 0.5) is 34.1 Å². The molecule has 0 aliphatic rings. The molecule has 0 aliphatic carbocycles. The quantitative estimate of drug-likeness (QED) is 0.154. The van der Waals surface area contributed by atoms with Crippen molar-refractivity contribution in [3.8, 4) is 0 Å². The lowest BCUT2D eigenvalue weighted by atomic mass is 9.81. The normalized spacial score (nSPS) is 12.8. The minimum absolute atomic E-state index is 0.00627. The van der Waals surface area contributed by atoms with Crippen molar-refractivity contribution in [2.45, 2.75) is 105 Å². The van der Waals surface area contributed by atoms with Gasteiger partial charge in [0.25, 0.3) is 0 Å². The fraction of sp³-hybridized carbons (Fsp3) is 0.250. The number of hydrogen-bond acceptors (Lipinski definition) is 2. The average Bonchev–Trinajstić information content (AvgIpc) is 3.28. The average molecular weight is 861 g/mol. The van der Waals surface area contributed by atoms with E-state index in [1.165, 1.54) is 98.9 Å². The molecule has 0 bridgehead atoms. The molecule has 10 rings (SSSR count). The molecular weight excluding hydrogens is 797 g/mol. The van der Waals surface area contributed by atoms with Crippen molar-refractivity contribution in [3.05, 3.63) is 192 Å². The van der Waals surface area contributed by atoms with Gasteiger partial charge in [-0.15, -0.1) is 0 Å². The summed E-state index contributed by atoms with van der Waals surface area (Å²) >= 11 is 0. The number of fused-ring (bicyclic) bond motifs is 2. The Morgan fingerprint density at radius 2 is 0.621 bits per heavy atom. The first-order chi connectivity index (χ1) is 31.3. The topological polar surface area (TPSA) is 6.48 Å². The van der Waals surface area contributed by atoms with Crippen LogP contribution in [0.1, 0.15) is 105 Å². The summed E-state index contributed by atoms with van der Waals surface area (Å²) in [4.78, 5) is 5.13. The first kappa shape index (κ1) is 43.3. The first-order valence-corrected chi connectivity index (χ1v) is 23.9. The lowest BCUT2D eigenvalue weighted by Gasteiger charge is -2.35. The van der Waals surface area contributed by atoms with Crippen LogP contribution in [-0.4, -0.2) is 0 Å². The van der Waals surface area contributed by atoms with Crippen LogP contribution in [0.3, 0.4) is 0 Å². The number of anilines is 6. The Morgan fingerprint density at radius 3 is 0.970 bits per heavy atom. The van der Waals surface area contributed by atoms with E-state index in [-0.39, 0.29) is 21.7 Å². The van der Waals surface area contributed by atoms with Crippen molar-refractivity contribution in [2.24, 2.45) is 0 Å². The van der Waals surface area contributed by atoms with Gasteiger partial charge in [0, 0.05) is 32.9 Å². The Hall–Kier alpha value is -6.64. The number of nitrogens with zero attached hydrogens (tertiary/aromatic N) is 2. The fourth-order valence-electron chi connectivity index (χ4n) is 10.3. The Balaban J connectivity index is 1.31. The zero-order valence-corrected chi connectivity index (χ0v) is 41.1. The molecular formula is C64H64N2. The molecule has 0 fully saturated rings. The van der Waals surface area contributed by atoms with E-state index < -0.39 is 0 Å². The molecule has 0 atom stereocenters. The van der Waals surface area contributed by atoms with E-state index in [0.717, 1.165) is 11.4 Å². The van der Waals surface area contributed by atoms with Gasteiger partial charge in [0.2, 0.25) is 0 Å². The van der Waals surface area contributed by atoms with Crippen molar-refractivity contribution in [1.29, 1.82) is 0 Å². The summed E-state index contributed by atoms with van der Waals surface area (Å²) in [7, 11) is 0. The summed E-state index contributed by atoms with van der Waals surface area (Å²) in [5, 5.41) is 12.5. The zero-order chi connectivity index (χ0) is 46.5. The van der Waals surface area contributed by atoms with E-state index in [2.05, 4.69) is 263 Å². The highest BCUT2D eigenvalue weighted by Crippen LogP contribution is 2.52. The van der Waals surface area contributed by atoms with E-state index in [9.17, 15) is 0 Å². The third kappa shape index (κ3) is 7.36. The molecule has 0 N–H and O–H groups in total. The van der Waals surface area contributed by atoms with Crippen LogP contribution in [0, 0.1) is 0 Å². The van der Waals surface area contributed by atoms with Crippen molar-refractivity contribution in [2.75, 3.05) is 9.80 Å². The van der Waals surface area contributed by atoms with Gasteiger partial charge in [-0.2, -0.15) is 0 Å². The van der Waals surface area contributed by atoms with Gasteiger partial charge in [0.1, 0.15) is 0 Å². The van der Waals surface area contributed by atoms with E-state index >= 15 is 0 Å². The smallest absolute Gasteiger partial charge is 0.0577 e. The van der Waals surface area contributed by atoms with Crippen LogP contribution in [0.25, 0.3) is 53.9 Å². The largest absolute Gasteiger partial charge is 0.309 e. The van der Waals surface area contributed by atoms with Gasteiger partial charge in [-0.3, -0.25) is 0 Å². The molecule has 330 valence electrons. The second kappa shape index (κ2) is 15.5. The number of para-hydroxylation sites is 2. The Bertz CT molecular complexity index is 3200. The summed E-state index contributed by atoms with van der Waals surface area (Å²) in [5.74, 6) is 0. The molecule has 0 radical (unpaired) electrons. The molecule has 10 aromatic rings. The standard InChI is InChI=1S/C64H64N2/c1-61(2,3)45-31-23-41-27-35-53(63(7,8)9)59(51(41)39-45)65(47-19-15-13-16-20-47)55-37-29-43-26-34-50-56(38-30-44-25-33-49(55)57(43)58(44)50)66(48-21-17-14-18-22-48)60-52-40-46(62(4,5)6)32-24-42(52)28-36-54(60)64(10,11)12/h13-40H,1-12H3. The molecule has 10 aromatic carbocycles. The van der Waals surface area contributed by atoms with Crippen molar-refractivity contribution < 1.29 is 0 Å². The second-order valence-electron chi connectivity index (χ2n) is 22.7. The Labute approximate surface area is 392 Å². The molecule has 0 aliphatic heterocycles. The van der Waals surface area contributed by atoms with Crippen LogP contribution < -0.4 is 9.80 Å². The van der Waals surface area contributed by atoms with Gasteiger partial charge in [0.15, 0.2) is 0 Å². The van der Waals surface area contributed by atoms with Crippen LogP contribution in [0.15, 0.2) is 170 Å². The molecule has 2 nitrogen and oxygen atoms in total. The molecule has 2 heteroatoms. The maximum Gasteiger partial charge on any atom is 0.0577 e. The maximum atomic E-state index is 2.57. The van der Waals surface area contributed by atoms with Crippen LogP contribution in [0.5, 0.6) is 0 Å². The van der Waals surface area contributed by atoms with Gasteiger partial charge in [-0.25, -0.2) is 0 Å². The first-order valence-electron chi connectivity index (χ1n) is 23.9. The molecule has 66 heavy (non-hydrogen) atoms. The molecule has 0 aromatic heterocycles. The van der Waals surface area contributed by atoms with Gasteiger partial charge in [0.05, 0.1) is 22.7 Å². The zero-order valence-electron chi connectivity index (χ0n) is 41.1. The van der Waals surface area contributed by atoms with Gasteiger partial charge in [-0.05, 0) is 125 Å². The Morgan fingerprint density at radius 1 is 0.288 bits per heavy atom. The summed E-state index contributed by atoms with van der Waals surface area (Å²) in [5.41, 5.74) is 12.1. The molecule has 0 heterocycles. The second-order valence-corrected chi connectivity index (χ2v) is 22.7. The van der Waals surface area contributed by atoms with Crippen LogP contribution in [0.2, 0.25) is 0 Å². The lowest BCUT2D eigenvalue weighted by Crippen LogP contribution is -2.20. The van der Waals surface area contributed by atoms with Crippen LogP contribution >= 0.6 is 0 Å². The SMILES string of the molecule is CC(C)(C)c1ccc2ccc(C(C)(C)C)c(N(c3ccccc3)c3ccc4ccc5c(N(c6ccccc6)c6c(C(C)(C)C)ccc7ccc(C(C)(C)C)cc67)ccc6ccc3c4c65)c2c1. The Kier molecular flexibility index (Phi) is 10.1. The predicted molar refractivity (Wildman–Crippen MR) is 289 cm³/mol. The van der Waals surface area contributed by atoms with Crippen molar-refractivity contribution in [3.63, 3.8) is 0 Å². The molecule has 0 unspecified atom stereocenters. The van der Waals surface area contributed by atoms with Crippen molar-refractivity contribution in [1.82, 2.24) is 0 Å². The molecule has 0 amide bonds. The maximum absolute atomic E-state index is 2.57. The fourth-order valence-corrected chi connectivity index (χ4v) is 10.3. The number of benzene rings is 10. The molecule has 0 spiro atoms. The highest BCUT2D eigenvalue weighted by molar-refractivity contribution is 6.28. The summed E-state index contributed by atoms with van der Waals surface area (Å²) in [6.07, 6.45) is 0. The van der Waals surface area contributed by atoms with E-state index in [1.807, 2.05) is 0 Å². The van der Waals surface area contributed by atoms with Gasteiger partial charge < -0.3 is 9.80 Å². The van der Waals surface area contributed by atoms with Crippen LogP contribution in [-0.2, 0) is 21.7 Å². The highest BCUT2D eigenvalue weighted by Gasteiger charge is 2.31. The van der Waals surface area contributed by atoms with Crippen molar-refractivity contribution >= 4 is 88.0 Å². The minimum atomic E-state index is -0.130.